The van der Waals surface area contributed by atoms with Gasteiger partial charge < -0.3 is 15.6 Å². The third-order valence-corrected chi connectivity index (χ3v) is 6.43. The van der Waals surface area contributed by atoms with Crippen molar-refractivity contribution in [1.29, 1.82) is 0 Å². The van der Waals surface area contributed by atoms with E-state index in [4.69, 9.17) is 0 Å². The highest BCUT2D eigenvalue weighted by Gasteiger charge is 2.17. The Kier molecular flexibility index (Phi) is 8.12. The lowest BCUT2D eigenvalue weighted by atomic mass is 10.1. The standard InChI is InChI=1S/C19H31N5O2S/c1-4-20-19(22-13-14-27(25,26)24(5-2)6-3)21-12-11-16-15-23-18-10-8-7-9-17(16)18/h7-10,15,23H,4-6,11-14H2,1-3H3,(H2,20,21,22). The number of rotatable bonds is 10. The number of para-hydroxylation sites is 1. The molecule has 3 N–H and O–H groups in total. The zero-order valence-corrected chi connectivity index (χ0v) is 17.3. The van der Waals surface area contributed by atoms with Crippen molar-refractivity contribution >= 4 is 26.9 Å². The molecule has 1 aromatic heterocycles. The van der Waals surface area contributed by atoms with Crippen LogP contribution >= 0.6 is 0 Å². The van der Waals surface area contributed by atoms with Crippen LogP contribution in [0.2, 0.25) is 0 Å². The van der Waals surface area contributed by atoms with E-state index in [1.807, 2.05) is 39.1 Å². The Bertz CT molecular complexity index is 841. The normalized spacial score (nSPS) is 12.7. The fraction of sp³-hybridized carbons (Fsp3) is 0.526. The molecule has 0 saturated carbocycles. The van der Waals surface area contributed by atoms with E-state index in [2.05, 4.69) is 32.7 Å². The lowest BCUT2D eigenvalue weighted by molar-refractivity contribution is 0.445. The molecular weight excluding hydrogens is 362 g/mol. The molecule has 0 aliphatic carbocycles. The van der Waals surface area contributed by atoms with Gasteiger partial charge in [-0.05, 0) is 25.0 Å². The number of guanidine groups is 1. The molecule has 0 radical (unpaired) electrons. The predicted molar refractivity (Wildman–Crippen MR) is 113 cm³/mol. The Balaban J connectivity index is 1.90. The monoisotopic (exact) mass is 393 g/mol. The van der Waals surface area contributed by atoms with Crippen molar-refractivity contribution in [2.45, 2.75) is 27.2 Å². The molecule has 2 rings (SSSR count). The highest BCUT2D eigenvalue weighted by Crippen LogP contribution is 2.17. The third kappa shape index (κ3) is 5.97. The number of H-pyrrole nitrogens is 1. The van der Waals surface area contributed by atoms with Gasteiger partial charge in [-0.3, -0.25) is 4.99 Å². The first-order valence-electron chi connectivity index (χ1n) is 9.56. The molecule has 1 heterocycles. The molecule has 0 unspecified atom stereocenters. The molecule has 0 atom stereocenters. The molecule has 2 aromatic rings. The summed E-state index contributed by atoms with van der Waals surface area (Å²) in [4.78, 5) is 7.69. The maximum absolute atomic E-state index is 12.2. The van der Waals surface area contributed by atoms with E-state index in [-0.39, 0.29) is 12.3 Å². The van der Waals surface area contributed by atoms with Gasteiger partial charge in [-0.25, -0.2) is 12.7 Å². The van der Waals surface area contributed by atoms with Gasteiger partial charge in [0, 0.05) is 43.3 Å². The Morgan fingerprint density at radius 2 is 1.89 bits per heavy atom. The number of fused-ring (bicyclic) bond motifs is 1. The summed E-state index contributed by atoms with van der Waals surface area (Å²) in [6.45, 7) is 8.35. The number of aromatic amines is 1. The molecule has 27 heavy (non-hydrogen) atoms. The second-order valence-electron chi connectivity index (χ2n) is 6.20. The summed E-state index contributed by atoms with van der Waals surface area (Å²) in [7, 11) is -3.25. The first-order chi connectivity index (χ1) is 13.0. The van der Waals surface area contributed by atoms with E-state index in [1.165, 1.54) is 15.3 Å². The van der Waals surface area contributed by atoms with Gasteiger partial charge in [-0.1, -0.05) is 32.0 Å². The summed E-state index contributed by atoms with van der Waals surface area (Å²) in [5.41, 5.74) is 2.38. The maximum Gasteiger partial charge on any atom is 0.215 e. The molecule has 7 nitrogen and oxygen atoms in total. The summed E-state index contributed by atoms with van der Waals surface area (Å²) < 4.78 is 25.9. The summed E-state index contributed by atoms with van der Waals surface area (Å²) in [5, 5.41) is 7.68. The van der Waals surface area contributed by atoms with Gasteiger partial charge >= 0.3 is 0 Å². The maximum atomic E-state index is 12.2. The minimum absolute atomic E-state index is 0.0215. The fourth-order valence-electron chi connectivity index (χ4n) is 3.01. The second-order valence-corrected chi connectivity index (χ2v) is 8.29. The molecule has 0 saturated heterocycles. The van der Waals surface area contributed by atoms with Crippen LogP contribution < -0.4 is 10.6 Å². The minimum Gasteiger partial charge on any atom is -0.361 e. The zero-order valence-electron chi connectivity index (χ0n) is 16.5. The van der Waals surface area contributed by atoms with Gasteiger partial charge in [0.25, 0.3) is 0 Å². The smallest absolute Gasteiger partial charge is 0.215 e. The van der Waals surface area contributed by atoms with Gasteiger partial charge in [0.15, 0.2) is 5.96 Å². The van der Waals surface area contributed by atoms with E-state index in [0.29, 0.717) is 19.0 Å². The van der Waals surface area contributed by atoms with Crippen LogP contribution in [0, 0.1) is 0 Å². The number of aliphatic imine (C=N–C) groups is 1. The SMILES string of the molecule is CCNC(=NCCS(=O)(=O)N(CC)CC)NCCc1c[nH]c2ccccc12. The zero-order chi connectivity index (χ0) is 19.7. The molecular formula is C19H31N5O2S. The number of nitrogens with zero attached hydrogens (tertiary/aromatic N) is 2. The fourth-order valence-corrected chi connectivity index (χ4v) is 4.38. The second kappa shape index (κ2) is 10.3. The molecule has 0 aliphatic heterocycles. The quantitative estimate of drug-likeness (QED) is 0.425. The van der Waals surface area contributed by atoms with Crippen LogP contribution in [0.15, 0.2) is 35.5 Å². The number of sulfonamides is 1. The van der Waals surface area contributed by atoms with E-state index in [9.17, 15) is 8.42 Å². The topological polar surface area (TPSA) is 89.6 Å². The van der Waals surface area contributed by atoms with E-state index in [1.54, 1.807) is 0 Å². The van der Waals surface area contributed by atoms with Crippen molar-refractivity contribution in [3.05, 3.63) is 36.0 Å². The van der Waals surface area contributed by atoms with Crippen molar-refractivity contribution in [2.75, 3.05) is 38.5 Å². The van der Waals surface area contributed by atoms with Crippen molar-refractivity contribution in [3.8, 4) is 0 Å². The third-order valence-electron chi connectivity index (χ3n) is 4.42. The van der Waals surface area contributed by atoms with Crippen LogP contribution in [-0.2, 0) is 16.4 Å². The average molecular weight is 394 g/mol. The van der Waals surface area contributed by atoms with Crippen LogP contribution in [0.25, 0.3) is 10.9 Å². The minimum atomic E-state index is -3.25. The van der Waals surface area contributed by atoms with Crippen molar-refractivity contribution in [3.63, 3.8) is 0 Å². The largest absolute Gasteiger partial charge is 0.361 e. The van der Waals surface area contributed by atoms with Gasteiger partial charge in [0.1, 0.15) is 0 Å². The lowest BCUT2D eigenvalue weighted by Crippen LogP contribution is -2.39. The first-order valence-corrected chi connectivity index (χ1v) is 11.2. The van der Waals surface area contributed by atoms with E-state index >= 15 is 0 Å². The van der Waals surface area contributed by atoms with Gasteiger partial charge in [0.05, 0.1) is 12.3 Å². The number of nitrogens with one attached hydrogen (secondary N) is 3. The summed E-state index contributed by atoms with van der Waals surface area (Å²) >= 11 is 0. The summed E-state index contributed by atoms with van der Waals surface area (Å²) in [5.74, 6) is 0.667. The Labute approximate surface area is 162 Å². The predicted octanol–water partition coefficient (Wildman–Crippen LogP) is 1.94. The Hall–Kier alpha value is -2.06. The lowest BCUT2D eigenvalue weighted by Gasteiger charge is -2.17. The number of hydrogen-bond donors (Lipinski definition) is 3. The summed E-state index contributed by atoms with van der Waals surface area (Å²) in [6.07, 6.45) is 2.89. The highest BCUT2D eigenvalue weighted by molar-refractivity contribution is 7.89. The number of benzene rings is 1. The number of aromatic nitrogens is 1. The van der Waals surface area contributed by atoms with Gasteiger partial charge in [0.2, 0.25) is 10.0 Å². The molecule has 0 spiro atoms. The Morgan fingerprint density at radius 1 is 1.15 bits per heavy atom. The average Bonchev–Trinajstić information content (AvgIpc) is 3.05. The van der Waals surface area contributed by atoms with Gasteiger partial charge in [-0.15, -0.1) is 0 Å². The molecule has 0 amide bonds. The van der Waals surface area contributed by atoms with Crippen LogP contribution in [0.5, 0.6) is 0 Å². The van der Waals surface area contributed by atoms with E-state index in [0.717, 1.165) is 25.0 Å². The summed E-state index contributed by atoms with van der Waals surface area (Å²) in [6, 6.07) is 8.23. The molecule has 150 valence electrons. The molecule has 1 aromatic carbocycles. The van der Waals surface area contributed by atoms with E-state index < -0.39 is 10.0 Å². The van der Waals surface area contributed by atoms with Crippen molar-refractivity contribution < 1.29 is 8.42 Å². The van der Waals surface area contributed by atoms with Crippen LogP contribution in [0.4, 0.5) is 0 Å². The molecule has 0 aliphatic rings. The van der Waals surface area contributed by atoms with Gasteiger partial charge in [-0.2, -0.15) is 0 Å². The van der Waals surface area contributed by atoms with Crippen molar-refractivity contribution in [1.82, 2.24) is 19.9 Å². The molecule has 0 fully saturated rings. The first kappa shape index (κ1) is 21.2. The Morgan fingerprint density at radius 3 is 2.59 bits per heavy atom. The van der Waals surface area contributed by atoms with Crippen molar-refractivity contribution in [2.24, 2.45) is 4.99 Å². The molecule has 8 heteroatoms. The number of hydrogen-bond acceptors (Lipinski definition) is 3. The van der Waals surface area contributed by atoms with Crippen LogP contribution in [0.1, 0.15) is 26.3 Å². The van der Waals surface area contributed by atoms with Crippen LogP contribution in [-0.4, -0.2) is 62.1 Å². The highest BCUT2D eigenvalue weighted by atomic mass is 32.2. The molecule has 0 bridgehead atoms. The van der Waals surface area contributed by atoms with Crippen LogP contribution in [0.3, 0.4) is 0 Å².